The molecular weight excluding hydrogens is 192 g/mol. The fourth-order valence-corrected chi connectivity index (χ4v) is 1.86. The number of H-pyrrole nitrogens is 1. The van der Waals surface area contributed by atoms with Gasteiger partial charge >= 0.3 is 0 Å². The summed E-state index contributed by atoms with van der Waals surface area (Å²) in [5.41, 5.74) is 1.71. The van der Waals surface area contributed by atoms with Crippen molar-refractivity contribution in [3.8, 4) is 0 Å². The molecule has 0 unspecified atom stereocenters. The zero-order valence-electron chi connectivity index (χ0n) is 8.96. The third-order valence-electron chi connectivity index (χ3n) is 2.71. The van der Waals surface area contributed by atoms with Crippen LogP contribution in [0.5, 0.6) is 0 Å². The van der Waals surface area contributed by atoms with E-state index in [0.717, 1.165) is 18.5 Å². The van der Waals surface area contributed by atoms with Crippen LogP contribution < -0.4 is 0 Å². The number of rotatable bonds is 2. The van der Waals surface area contributed by atoms with Crippen molar-refractivity contribution in [1.29, 1.82) is 0 Å². The van der Waals surface area contributed by atoms with Crippen molar-refractivity contribution in [2.75, 3.05) is 0 Å². The molecule has 2 rings (SSSR count). The molecule has 80 valence electrons. The van der Waals surface area contributed by atoms with Crippen LogP contribution in [0.2, 0.25) is 0 Å². The van der Waals surface area contributed by atoms with Crippen molar-refractivity contribution < 1.29 is 9.59 Å². The summed E-state index contributed by atoms with van der Waals surface area (Å²) in [6.45, 7) is 3.63. The largest absolute Gasteiger partial charge is 0.294 e. The third kappa shape index (κ3) is 1.60. The third-order valence-corrected chi connectivity index (χ3v) is 2.71. The fourth-order valence-electron chi connectivity index (χ4n) is 1.86. The van der Waals surface area contributed by atoms with Gasteiger partial charge in [0, 0.05) is 18.0 Å². The van der Waals surface area contributed by atoms with E-state index in [1.807, 2.05) is 13.8 Å². The number of aromatic nitrogens is 2. The lowest BCUT2D eigenvalue weighted by Gasteiger charge is -2.10. The highest BCUT2D eigenvalue weighted by molar-refractivity contribution is 6.09. The van der Waals surface area contributed by atoms with Gasteiger partial charge in [-0.1, -0.05) is 13.8 Å². The SMILES string of the molecule is CC(C)C(=O)c1n[nH]c2c1C(=O)CCC2. The number of nitrogens with zero attached hydrogens (tertiary/aromatic N) is 1. The second kappa shape index (κ2) is 3.61. The Hall–Kier alpha value is -1.45. The number of ketones is 2. The summed E-state index contributed by atoms with van der Waals surface area (Å²) in [6, 6.07) is 0. The number of hydrogen-bond acceptors (Lipinski definition) is 3. The Kier molecular flexibility index (Phi) is 2.42. The molecule has 1 aromatic rings. The minimum atomic E-state index is -0.118. The average molecular weight is 206 g/mol. The van der Waals surface area contributed by atoms with Gasteiger partial charge in [-0.2, -0.15) is 5.10 Å². The highest BCUT2D eigenvalue weighted by Gasteiger charge is 2.28. The first-order chi connectivity index (χ1) is 7.11. The summed E-state index contributed by atoms with van der Waals surface area (Å²) in [7, 11) is 0. The zero-order valence-corrected chi connectivity index (χ0v) is 8.96. The Morgan fingerprint density at radius 1 is 1.40 bits per heavy atom. The van der Waals surface area contributed by atoms with Gasteiger partial charge in [-0.3, -0.25) is 14.7 Å². The first-order valence-electron chi connectivity index (χ1n) is 5.26. The lowest BCUT2D eigenvalue weighted by molar-refractivity contribution is 0.0914. The fraction of sp³-hybridized carbons (Fsp3) is 0.545. The second-order valence-corrected chi connectivity index (χ2v) is 4.22. The van der Waals surface area contributed by atoms with Gasteiger partial charge in [-0.05, 0) is 12.8 Å². The zero-order chi connectivity index (χ0) is 11.0. The standard InChI is InChI=1S/C11H14N2O2/c1-6(2)11(15)10-9-7(12-13-10)4-3-5-8(9)14/h6H,3-5H2,1-2H3,(H,12,13). The number of fused-ring (bicyclic) bond motifs is 1. The molecule has 4 heteroatoms. The lowest BCUT2D eigenvalue weighted by Crippen LogP contribution is -2.16. The van der Waals surface area contributed by atoms with Crippen molar-refractivity contribution in [3.63, 3.8) is 0 Å². The van der Waals surface area contributed by atoms with Crippen LogP contribution in [0.3, 0.4) is 0 Å². The van der Waals surface area contributed by atoms with Crippen LogP contribution in [0.15, 0.2) is 0 Å². The molecule has 1 aliphatic rings. The van der Waals surface area contributed by atoms with Crippen LogP contribution in [-0.2, 0) is 6.42 Å². The molecule has 0 aromatic carbocycles. The van der Waals surface area contributed by atoms with Crippen LogP contribution in [0.1, 0.15) is 53.2 Å². The van der Waals surface area contributed by atoms with Gasteiger partial charge in [-0.25, -0.2) is 0 Å². The minimum absolute atomic E-state index is 0.0500. The second-order valence-electron chi connectivity index (χ2n) is 4.22. The van der Waals surface area contributed by atoms with Crippen LogP contribution >= 0.6 is 0 Å². The first kappa shape index (κ1) is 10.1. The molecule has 0 fully saturated rings. The number of carbonyl (C=O) groups is 2. The molecule has 1 aliphatic carbocycles. The van der Waals surface area contributed by atoms with E-state index in [9.17, 15) is 9.59 Å². The van der Waals surface area contributed by atoms with E-state index in [1.165, 1.54) is 0 Å². The molecule has 0 amide bonds. The molecule has 0 saturated heterocycles. The van der Waals surface area contributed by atoms with Crippen LogP contribution in [0, 0.1) is 5.92 Å². The number of aromatic amines is 1. The van der Waals surface area contributed by atoms with Gasteiger partial charge in [0.1, 0.15) is 5.69 Å². The number of aryl methyl sites for hydroxylation is 1. The van der Waals surface area contributed by atoms with Crippen molar-refractivity contribution in [2.24, 2.45) is 5.92 Å². The summed E-state index contributed by atoms with van der Waals surface area (Å²) in [5.74, 6) is -0.121. The average Bonchev–Trinajstić information content (AvgIpc) is 2.61. The van der Waals surface area contributed by atoms with E-state index in [1.54, 1.807) is 0 Å². The maximum absolute atomic E-state index is 11.8. The Morgan fingerprint density at radius 2 is 2.13 bits per heavy atom. The van der Waals surface area contributed by atoms with E-state index in [0.29, 0.717) is 17.7 Å². The smallest absolute Gasteiger partial charge is 0.186 e. The predicted molar refractivity (Wildman–Crippen MR) is 55.0 cm³/mol. The Morgan fingerprint density at radius 3 is 2.80 bits per heavy atom. The van der Waals surface area contributed by atoms with Gasteiger partial charge in [0.05, 0.1) is 5.56 Å². The molecule has 0 atom stereocenters. The highest BCUT2D eigenvalue weighted by atomic mass is 16.1. The van der Waals surface area contributed by atoms with Crippen LogP contribution in [-0.4, -0.2) is 21.8 Å². The molecule has 0 saturated carbocycles. The molecule has 0 aliphatic heterocycles. The normalized spacial score (nSPS) is 15.5. The van der Waals surface area contributed by atoms with Gasteiger partial charge in [0.2, 0.25) is 0 Å². The Bertz CT molecular complexity index is 418. The van der Waals surface area contributed by atoms with E-state index in [2.05, 4.69) is 10.2 Å². The van der Waals surface area contributed by atoms with Crippen LogP contribution in [0.25, 0.3) is 0 Å². The van der Waals surface area contributed by atoms with E-state index < -0.39 is 0 Å². The van der Waals surface area contributed by atoms with Crippen LogP contribution in [0.4, 0.5) is 0 Å². The van der Waals surface area contributed by atoms with Crippen molar-refractivity contribution >= 4 is 11.6 Å². The Labute approximate surface area is 88.1 Å². The van der Waals surface area contributed by atoms with Crippen molar-refractivity contribution in [1.82, 2.24) is 10.2 Å². The summed E-state index contributed by atoms with van der Waals surface area (Å²) < 4.78 is 0. The monoisotopic (exact) mass is 206 g/mol. The molecule has 1 aromatic heterocycles. The van der Waals surface area contributed by atoms with Gasteiger partial charge in [-0.15, -0.1) is 0 Å². The van der Waals surface area contributed by atoms with Gasteiger partial charge in [0.25, 0.3) is 0 Å². The van der Waals surface area contributed by atoms with Crippen molar-refractivity contribution in [2.45, 2.75) is 33.1 Å². The Balaban J connectivity index is 2.46. The number of Topliss-reactive ketones (excluding diaryl/α,β-unsaturated/α-hetero) is 2. The highest BCUT2D eigenvalue weighted by Crippen LogP contribution is 2.23. The molecule has 0 spiro atoms. The first-order valence-corrected chi connectivity index (χ1v) is 5.26. The van der Waals surface area contributed by atoms with E-state index in [4.69, 9.17) is 0 Å². The van der Waals surface area contributed by atoms with E-state index >= 15 is 0 Å². The molecular formula is C11H14N2O2. The molecule has 1 heterocycles. The predicted octanol–water partition coefficient (Wildman–Crippen LogP) is 1.77. The topological polar surface area (TPSA) is 62.8 Å². The summed E-state index contributed by atoms with van der Waals surface area (Å²) in [5, 5.41) is 6.77. The summed E-state index contributed by atoms with van der Waals surface area (Å²) in [6.07, 6.45) is 2.20. The van der Waals surface area contributed by atoms with E-state index in [-0.39, 0.29) is 17.5 Å². The lowest BCUT2D eigenvalue weighted by atomic mass is 9.91. The van der Waals surface area contributed by atoms with Crippen molar-refractivity contribution in [3.05, 3.63) is 17.0 Å². The minimum Gasteiger partial charge on any atom is -0.294 e. The molecule has 4 nitrogen and oxygen atoms in total. The molecule has 0 radical (unpaired) electrons. The molecule has 0 bridgehead atoms. The van der Waals surface area contributed by atoms with Gasteiger partial charge < -0.3 is 0 Å². The molecule has 1 N–H and O–H groups in total. The maximum atomic E-state index is 11.8. The quantitative estimate of drug-likeness (QED) is 0.750. The van der Waals surface area contributed by atoms with Gasteiger partial charge in [0.15, 0.2) is 11.6 Å². The number of carbonyl (C=O) groups excluding carboxylic acids is 2. The summed E-state index contributed by atoms with van der Waals surface area (Å²) >= 11 is 0. The maximum Gasteiger partial charge on any atom is 0.186 e. The molecule has 15 heavy (non-hydrogen) atoms. The number of hydrogen-bond donors (Lipinski definition) is 1. The number of nitrogens with one attached hydrogen (secondary N) is 1. The summed E-state index contributed by atoms with van der Waals surface area (Å²) in [4.78, 5) is 23.5.